The van der Waals surface area contributed by atoms with Gasteiger partial charge in [0.1, 0.15) is 0 Å². The number of hydrogen-bond acceptors (Lipinski definition) is 3. The van der Waals surface area contributed by atoms with Gasteiger partial charge in [0, 0.05) is 13.7 Å². The highest BCUT2D eigenvalue weighted by molar-refractivity contribution is 7.80. The molecule has 0 aromatic heterocycles. The van der Waals surface area contributed by atoms with E-state index in [0.29, 0.717) is 28.3 Å². The molecule has 3 N–H and O–H groups in total. The fourth-order valence-corrected chi connectivity index (χ4v) is 1.46. The summed E-state index contributed by atoms with van der Waals surface area (Å²) in [6.45, 7) is 1.24. The Morgan fingerprint density at radius 1 is 1.35 bits per heavy atom. The van der Waals surface area contributed by atoms with E-state index < -0.39 is 0 Å². The molecule has 0 amide bonds. The first-order chi connectivity index (χ1) is 8.13. The van der Waals surface area contributed by atoms with Gasteiger partial charge in [0.2, 0.25) is 0 Å². The number of anilines is 1. The van der Waals surface area contributed by atoms with E-state index in [2.05, 4.69) is 16.2 Å². The number of ether oxygens (including phenoxy) is 1. The van der Waals surface area contributed by atoms with Crippen LogP contribution < -0.4 is 16.2 Å². The summed E-state index contributed by atoms with van der Waals surface area (Å²) >= 11 is 16.7. The highest BCUT2D eigenvalue weighted by Crippen LogP contribution is 2.24. The zero-order chi connectivity index (χ0) is 12.7. The zero-order valence-corrected chi connectivity index (χ0v) is 11.5. The number of rotatable bonds is 5. The van der Waals surface area contributed by atoms with Crippen LogP contribution in [0, 0.1) is 0 Å². The van der Waals surface area contributed by atoms with Crippen LogP contribution in [-0.4, -0.2) is 25.4 Å². The van der Waals surface area contributed by atoms with Crippen LogP contribution in [-0.2, 0) is 4.74 Å². The van der Waals surface area contributed by atoms with Crippen molar-refractivity contribution in [3.63, 3.8) is 0 Å². The summed E-state index contributed by atoms with van der Waals surface area (Å²) in [6.07, 6.45) is 0. The largest absolute Gasteiger partial charge is 0.383 e. The van der Waals surface area contributed by atoms with E-state index in [-0.39, 0.29) is 0 Å². The van der Waals surface area contributed by atoms with Gasteiger partial charge < -0.3 is 10.1 Å². The van der Waals surface area contributed by atoms with Crippen molar-refractivity contribution in [1.82, 2.24) is 10.7 Å². The standard InChI is InChI=1S/C10H13Cl2N3OS/c1-16-5-4-13-10(17)15-14-7-2-3-8(11)9(12)6-7/h2-3,6,14H,4-5H2,1H3,(H2,13,15,17). The molecule has 0 radical (unpaired) electrons. The predicted molar refractivity (Wildman–Crippen MR) is 75.7 cm³/mol. The van der Waals surface area contributed by atoms with Crippen molar-refractivity contribution in [2.24, 2.45) is 0 Å². The molecular formula is C10H13Cl2N3OS. The van der Waals surface area contributed by atoms with E-state index in [4.69, 9.17) is 40.2 Å². The summed E-state index contributed by atoms with van der Waals surface area (Å²) < 4.78 is 4.88. The summed E-state index contributed by atoms with van der Waals surface area (Å²) in [7, 11) is 1.63. The van der Waals surface area contributed by atoms with Crippen molar-refractivity contribution in [2.75, 3.05) is 25.7 Å². The summed E-state index contributed by atoms with van der Waals surface area (Å²) in [4.78, 5) is 0. The third-order valence-corrected chi connectivity index (χ3v) is 2.82. The van der Waals surface area contributed by atoms with Crippen molar-refractivity contribution in [1.29, 1.82) is 0 Å². The third-order valence-electron chi connectivity index (χ3n) is 1.83. The molecule has 17 heavy (non-hydrogen) atoms. The molecule has 7 heteroatoms. The summed E-state index contributed by atoms with van der Waals surface area (Å²) in [5.41, 5.74) is 6.49. The van der Waals surface area contributed by atoms with Gasteiger partial charge in [0.05, 0.1) is 22.3 Å². The van der Waals surface area contributed by atoms with Gasteiger partial charge >= 0.3 is 0 Å². The van der Waals surface area contributed by atoms with Crippen molar-refractivity contribution >= 4 is 46.2 Å². The van der Waals surface area contributed by atoms with Crippen LogP contribution in [0.15, 0.2) is 18.2 Å². The van der Waals surface area contributed by atoms with Crippen molar-refractivity contribution in [3.8, 4) is 0 Å². The minimum atomic E-state index is 0.480. The van der Waals surface area contributed by atoms with Crippen LogP contribution in [0.25, 0.3) is 0 Å². The molecule has 0 saturated heterocycles. The van der Waals surface area contributed by atoms with Crippen LogP contribution in [0.5, 0.6) is 0 Å². The molecule has 94 valence electrons. The van der Waals surface area contributed by atoms with Crippen molar-refractivity contribution < 1.29 is 4.74 Å². The molecule has 4 nitrogen and oxygen atoms in total. The molecular weight excluding hydrogens is 281 g/mol. The Morgan fingerprint density at radius 2 is 2.12 bits per heavy atom. The number of halogens is 2. The molecule has 0 aliphatic heterocycles. The molecule has 0 heterocycles. The first-order valence-corrected chi connectivity index (χ1v) is 6.03. The average molecular weight is 294 g/mol. The lowest BCUT2D eigenvalue weighted by atomic mass is 10.3. The Balaban J connectivity index is 2.34. The molecule has 0 aliphatic rings. The van der Waals surface area contributed by atoms with Gasteiger partial charge in [0.25, 0.3) is 0 Å². The second kappa shape index (κ2) is 7.55. The van der Waals surface area contributed by atoms with E-state index in [1.807, 2.05) is 0 Å². The molecule has 1 aromatic carbocycles. The van der Waals surface area contributed by atoms with Gasteiger partial charge in [-0.3, -0.25) is 10.9 Å². The Morgan fingerprint density at radius 3 is 2.76 bits per heavy atom. The number of methoxy groups -OCH3 is 1. The first kappa shape index (κ1) is 14.3. The minimum Gasteiger partial charge on any atom is -0.383 e. The molecule has 1 rings (SSSR count). The number of nitrogens with one attached hydrogen (secondary N) is 3. The maximum Gasteiger partial charge on any atom is 0.185 e. The monoisotopic (exact) mass is 293 g/mol. The van der Waals surface area contributed by atoms with Crippen LogP contribution in [0.1, 0.15) is 0 Å². The van der Waals surface area contributed by atoms with E-state index in [1.54, 1.807) is 25.3 Å². The number of hydrogen-bond donors (Lipinski definition) is 3. The Hall–Kier alpha value is -0.750. The summed E-state index contributed by atoms with van der Waals surface area (Å²) in [6, 6.07) is 5.20. The van der Waals surface area contributed by atoms with E-state index in [0.717, 1.165) is 5.69 Å². The van der Waals surface area contributed by atoms with E-state index in [1.165, 1.54) is 0 Å². The van der Waals surface area contributed by atoms with E-state index >= 15 is 0 Å². The van der Waals surface area contributed by atoms with Crippen molar-refractivity contribution in [2.45, 2.75) is 0 Å². The first-order valence-electron chi connectivity index (χ1n) is 4.87. The van der Waals surface area contributed by atoms with Gasteiger partial charge in [0.15, 0.2) is 5.11 Å². The second-order valence-electron chi connectivity index (χ2n) is 3.13. The normalized spacial score (nSPS) is 9.82. The van der Waals surface area contributed by atoms with Crippen LogP contribution in [0.4, 0.5) is 5.69 Å². The smallest absolute Gasteiger partial charge is 0.185 e. The predicted octanol–water partition coefficient (Wildman–Crippen LogP) is 2.43. The molecule has 0 bridgehead atoms. The second-order valence-corrected chi connectivity index (χ2v) is 4.35. The maximum atomic E-state index is 5.87. The minimum absolute atomic E-state index is 0.480. The number of benzene rings is 1. The van der Waals surface area contributed by atoms with Crippen LogP contribution in [0.3, 0.4) is 0 Å². The molecule has 0 unspecified atom stereocenters. The molecule has 1 aromatic rings. The lowest BCUT2D eigenvalue weighted by Crippen LogP contribution is -2.40. The molecule has 0 atom stereocenters. The molecule has 0 saturated carbocycles. The fourth-order valence-electron chi connectivity index (χ4n) is 1.01. The topological polar surface area (TPSA) is 45.3 Å². The third kappa shape index (κ3) is 5.41. The highest BCUT2D eigenvalue weighted by atomic mass is 35.5. The fraction of sp³-hybridized carbons (Fsp3) is 0.300. The molecule has 0 aliphatic carbocycles. The summed E-state index contributed by atoms with van der Waals surface area (Å²) in [5, 5.41) is 4.43. The Labute approximate surface area is 116 Å². The van der Waals surface area contributed by atoms with Crippen molar-refractivity contribution in [3.05, 3.63) is 28.2 Å². The Kier molecular flexibility index (Phi) is 6.36. The lowest BCUT2D eigenvalue weighted by molar-refractivity contribution is 0.204. The quantitative estimate of drug-likeness (QED) is 0.442. The average Bonchev–Trinajstić information content (AvgIpc) is 2.31. The van der Waals surface area contributed by atoms with Gasteiger partial charge in [-0.25, -0.2) is 0 Å². The maximum absolute atomic E-state index is 5.87. The number of thiocarbonyl (C=S) groups is 1. The number of hydrazine groups is 1. The van der Waals surface area contributed by atoms with Gasteiger partial charge in [-0.15, -0.1) is 0 Å². The Bertz CT molecular complexity index is 390. The molecule has 0 spiro atoms. The zero-order valence-electron chi connectivity index (χ0n) is 9.22. The lowest BCUT2D eigenvalue weighted by Gasteiger charge is -2.12. The summed E-state index contributed by atoms with van der Waals surface area (Å²) in [5.74, 6) is 0. The van der Waals surface area contributed by atoms with Crippen LogP contribution >= 0.6 is 35.4 Å². The SMILES string of the molecule is COCCNC(=S)NNc1ccc(Cl)c(Cl)c1. The van der Waals surface area contributed by atoms with Gasteiger partial charge in [-0.2, -0.15) is 0 Å². The van der Waals surface area contributed by atoms with Gasteiger partial charge in [-0.05, 0) is 30.4 Å². The molecule has 0 fully saturated rings. The highest BCUT2D eigenvalue weighted by Gasteiger charge is 1.99. The van der Waals surface area contributed by atoms with E-state index in [9.17, 15) is 0 Å². The van der Waals surface area contributed by atoms with Crippen LogP contribution in [0.2, 0.25) is 10.0 Å². The van der Waals surface area contributed by atoms with Gasteiger partial charge in [-0.1, -0.05) is 23.2 Å².